The molecule has 0 amide bonds. The highest BCUT2D eigenvalue weighted by atomic mass is 35.5. The summed E-state index contributed by atoms with van der Waals surface area (Å²) < 4.78 is 47.3. The van der Waals surface area contributed by atoms with Crippen LogP contribution in [-0.2, 0) is 19.9 Å². The Bertz CT molecular complexity index is 641. The van der Waals surface area contributed by atoms with Crippen LogP contribution in [-0.4, -0.2) is 34.6 Å². The lowest BCUT2D eigenvalue weighted by molar-refractivity contribution is 0.593. The van der Waals surface area contributed by atoms with Crippen LogP contribution < -0.4 is 10.5 Å². The summed E-state index contributed by atoms with van der Waals surface area (Å²) in [6, 6.07) is 4.33. The first-order chi connectivity index (χ1) is 8.09. The number of halogens is 1. The molecule has 0 aliphatic carbocycles. The minimum absolute atomic E-state index is 0.135. The molecule has 0 saturated carbocycles. The highest BCUT2D eigenvalue weighted by Crippen LogP contribution is 2.23. The summed E-state index contributed by atoms with van der Waals surface area (Å²) in [6.45, 7) is 0. The smallest absolute Gasteiger partial charge is 0.233 e. The average molecular weight is 313 g/mol. The van der Waals surface area contributed by atoms with Gasteiger partial charge in [0.1, 0.15) is 9.84 Å². The van der Waals surface area contributed by atoms with Gasteiger partial charge in [0.2, 0.25) is 10.0 Å². The Kier molecular flexibility index (Phi) is 4.46. The first-order valence-electron chi connectivity index (χ1n) is 4.82. The number of anilines is 2. The first-order valence-corrected chi connectivity index (χ1v) is 8.91. The molecule has 0 radical (unpaired) electrons. The van der Waals surface area contributed by atoms with Gasteiger partial charge in [-0.05, 0) is 18.2 Å². The van der Waals surface area contributed by atoms with Gasteiger partial charge in [-0.2, -0.15) is 0 Å². The van der Waals surface area contributed by atoms with Crippen molar-refractivity contribution in [2.24, 2.45) is 0 Å². The van der Waals surface area contributed by atoms with Crippen LogP contribution in [0.4, 0.5) is 11.4 Å². The fourth-order valence-electron chi connectivity index (χ4n) is 1.10. The highest BCUT2D eigenvalue weighted by molar-refractivity contribution is 7.95. The molecule has 102 valence electrons. The summed E-state index contributed by atoms with van der Waals surface area (Å²) in [5.41, 5.74) is 5.92. The van der Waals surface area contributed by atoms with Gasteiger partial charge in [-0.15, -0.1) is 0 Å². The number of nitrogens with two attached hydrogens (primary N) is 1. The molecule has 0 aromatic heterocycles. The van der Waals surface area contributed by atoms with Gasteiger partial charge in [0.25, 0.3) is 0 Å². The van der Waals surface area contributed by atoms with Crippen LogP contribution in [0.2, 0.25) is 5.02 Å². The van der Waals surface area contributed by atoms with Crippen molar-refractivity contribution in [2.45, 2.75) is 0 Å². The zero-order chi connectivity index (χ0) is 14.0. The Hall–Kier alpha value is -0.990. The molecule has 0 bridgehead atoms. The van der Waals surface area contributed by atoms with Gasteiger partial charge in [-0.25, -0.2) is 16.8 Å². The van der Waals surface area contributed by atoms with Crippen LogP contribution in [0, 0.1) is 0 Å². The molecule has 1 aromatic carbocycles. The monoisotopic (exact) mass is 312 g/mol. The fourth-order valence-corrected chi connectivity index (χ4v) is 3.97. The maximum absolute atomic E-state index is 11.6. The normalized spacial score (nSPS) is 12.3. The molecule has 0 heterocycles. The molecule has 1 rings (SSSR count). The van der Waals surface area contributed by atoms with E-state index < -0.39 is 31.4 Å². The summed E-state index contributed by atoms with van der Waals surface area (Å²) >= 11 is 5.71. The maximum Gasteiger partial charge on any atom is 0.233 e. The molecule has 0 saturated heterocycles. The average Bonchev–Trinajstić information content (AvgIpc) is 2.20. The van der Waals surface area contributed by atoms with Crippen LogP contribution in [0.15, 0.2) is 18.2 Å². The minimum atomic E-state index is -3.77. The third-order valence-electron chi connectivity index (χ3n) is 2.00. The molecule has 6 nitrogen and oxygen atoms in total. The second kappa shape index (κ2) is 5.33. The molecular weight excluding hydrogens is 300 g/mol. The lowest BCUT2D eigenvalue weighted by atomic mass is 10.3. The molecule has 1 aromatic rings. The van der Waals surface area contributed by atoms with Gasteiger partial charge in [0.15, 0.2) is 0 Å². The first kappa shape index (κ1) is 15.1. The Labute approximate surface area is 111 Å². The summed E-state index contributed by atoms with van der Waals surface area (Å²) in [5.74, 6) is -0.986. The van der Waals surface area contributed by atoms with Crippen molar-refractivity contribution in [2.75, 3.05) is 28.2 Å². The van der Waals surface area contributed by atoms with E-state index in [0.29, 0.717) is 5.02 Å². The van der Waals surface area contributed by atoms with E-state index in [2.05, 4.69) is 4.72 Å². The number of sulfone groups is 1. The number of nitrogen functional groups attached to an aromatic ring is 1. The van der Waals surface area contributed by atoms with Crippen molar-refractivity contribution in [3.05, 3.63) is 23.2 Å². The van der Waals surface area contributed by atoms with Crippen molar-refractivity contribution >= 4 is 42.8 Å². The van der Waals surface area contributed by atoms with E-state index in [0.717, 1.165) is 6.26 Å². The molecule has 0 aliphatic rings. The van der Waals surface area contributed by atoms with E-state index in [1.807, 2.05) is 0 Å². The Balaban J connectivity index is 2.86. The summed E-state index contributed by atoms with van der Waals surface area (Å²) in [7, 11) is -7.12. The predicted molar refractivity (Wildman–Crippen MR) is 73.0 cm³/mol. The zero-order valence-corrected chi connectivity index (χ0v) is 11.9. The number of hydrogen-bond donors (Lipinski definition) is 2. The molecule has 18 heavy (non-hydrogen) atoms. The Morgan fingerprint density at radius 3 is 2.39 bits per heavy atom. The maximum atomic E-state index is 11.6. The van der Waals surface area contributed by atoms with E-state index in [1.165, 1.54) is 18.2 Å². The van der Waals surface area contributed by atoms with Gasteiger partial charge in [0.05, 0.1) is 22.9 Å². The van der Waals surface area contributed by atoms with E-state index in [4.69, 9.17) is 17.3 Å². The standard InChI is InChI=1S/C9H13ClN2O4S2/c1-17(13,14)4-5-18(15,16)12-9-6-7(10)2-3-8(9)11/h2-3,6,12H,4-5,11H2,1H3. The molecule has 0 spiro atoms. The third kappa shape index (κ3) is 5.11. The van der Waals surface area contributed by atoms with Gasteiger partial charge in [0, 0.05) is 11.3 Å². The van der Waals surface area contributed by atoms with Crippen LogP contribution in [0.25, 0.3) is 0 Å². The van der Waals surface area contributed by atoms with Crippen LogP contribution in [0.3, 0.4) is 0 Å². The number of nitrogens with one attached hydrogen (secondary N) is 1. The number of benzene rings is 1. The van der Waals surface area contributed by atoms with Gasteiger partial charge >= 0.3 is 0 Å². The Morgan fingerprint density at radius 1 is 1.22 bits per heavy atom. The SMILES string of the molecule is CS(=O)(=O)CCS(=O)(=O)Nc1cc(Cl)ccc1N. The van der Waals surface area contributed by atoms with Crippen molar-refractivity contribution in [1.29, 1.82) is 0 Å². The lowest BCUT2D eigenvalue weighted by Crippen LogP contribution is -2.22. The zero-order valence-electron chi connectivity index (χ0n) is 9.55. The number of hydrogen-bond acceptors (Lipinski definition) is 5. The second-order valence-corrected chi connectivity index (χ2v) is 8.32. The van der Waals surface area contributed by atoms with E-state index >= 15 is 0 Å². The summed E-state index contributed by atoms with van der Waals surface area (Å²) in [5, 5.41) is 0.324. The quantitative estimate of drug-likeness (QED) is 0.779. The highest BCUT2D eigenvalue weighted by Gasteiger charge is 2.15. The molecule has 0 aliphatic heterocycles. The largest absolute Gasteiger partial charge is 0.397 e. The van der Waals surface area contributed by atoms with Crippen LogP contribution >= 0.6 is 11.6 Å². The van der Waals surface area contributed by atoms with E-state index in [-0.39, 0.29) is 11.4 Å². The second-order valence-electron chi connectivity index (χ2n) is 3.78. The van der Waals surface area contributed by atoms with Crippen molar-refractivity contribution < 1.29 is 16.8 Å². The Morgan fingerprint density at radius 2 is 1.83 bits per heavy atom. The topological polar surface area (TPSA) is 106 Å². The van der Waals surface area contributed by atoms with Crippen molar-refractivity contribution in [3.63, 3.8) is 0 Å². The fraction of sp³-hybridized carbons (Fsp3) is 0.333. The molecule has 0 unspecified atom stereocenters. The van der Waals surface area contributed by atoms with Crippen LogP contribution in [0.1, 0.15) is 0 Å². The summed E-state index contributed by atoms with van der Waals surface area (Å²) in [4.78, 5) is 0. The lowest BCUT2D eigenvalue weighted by Gasteiger charge is -2.10. The molecule has 9 heteroatoms. The van der Waals surface area contributed by atoms with Crippen molar-refractivity contribution in [1.82, 2.24) is 0 Å². The molecule has 3 N–H and O–H groups in total. The molecular formula is C9H13ClN2O4S2. The molecule has 0 fully saturated rings. The third-order valence-corrected chi connectivity index (χ3v) is 4.72. The van der Waals surface area contributed by atoms with Gasteiger partial charge in [-0.1, -0.05) is 11.6 Å². The number of rotatable bonds is 5. The van der Waals surface area contributed by atoms with Gasteiger partial charge < -0.3 is 5.73 Å². The molecule has 0 atom stereocenters. The predicted octanol–water partition coefficient (Wildman–Crippen LogP) is 0.708. The van der Waals surface area contributed by atoms with Gasteiger partial charge in [-0.3, -0.25) is 4.72 Å². The van der Waals surface area contributed by atoms with E-state index in [9.17, 15) is 16.8 Å². The van der Waals surface area contributed by atoms with E-state index in [1.54, 1.807) is 0 Å². The van der Waals surface area contributed by atoms with Crippen molar-refractivity contribution in [3.8, 4) is 0 Å². The van der Waals surface area contributed by atoms with Crippen LogP contribution in [0.5, 0.6) is 0 Å². The minimum Gasteiger partial charge on any atom is -0.397 e. The summed E-state index contributed by atoms with van der Waals surface area (Å²) in [6.07, 6.45) is 0.969. The number of sulfonamides is 1.